The van der Waals surface area contributed by atoms with Gasteiger partial charge in [0.25, 0.3) is 0 Å². The third kappa shape index (κ3) is 2.56. The molecule has 2 rings (SSSR count). The lowest BCUT2D eigenvalue weighted by Gasteiger charge is -2.05. The highest BCUT2D eigenvalue weighted by Gasteiger charge is 1.99. The van der Waals surface area contributed by atoms with Crippen LogP contribution in [-0.2, 0) is 13.5 Å². The maximum absolute atomic E-state index is 12.6. The van der Waals surface area contributed by atoms with E-state index in [1.54, 1.807) is 12.3 Å². The van der Waals surface area contributed by atoms with Crippen molar-refractivity contribution >= 4 is 5.82 Å². The lowest BCUT2D eigenvalue weighted by atomic mass is 10.4. The Morgan fingerprint density at radius 2 is 2.25 bits per heavy atom. The third-order valence-electron chi connectivity index (χ3n) is 2.30. The van der Waals surface area contributed by atoms with Crippen molar-refractivity contribution in [3.63, 3.8) is 0 Å². The minimum Gasteiger partial charge on any atom is -0.370 e. The molecule has 0 aromatic carbocycles. The SMILES string of the molecule is Cn1ccnc1CCNc1ccc(F)cn1. The fraction of sp³-hybridized carbons (Fsp3) is 0.273. The molecular formula is C11H13FN4. The lowest BCUT2D eigenvalue weighted by molar-refractivity contribution is 0.621. The Hall–Kier alpha value is -1.91. The van der Waals surface area contributed by atoms with Gasteiger partial charge in [-0.25, -0.2) is 14.4 Å². The second-order valence-corrected chi connectivity index (χ2v) is 3.49. The summed E-state index contributed by atoms with van der Waals surface area (Å²) >= 11 is 0. The first kappa shape index (κ1) is 10.6. The fourth-order valence-electron chi connectivity index (χ4n) is 1.42. The molecule has 4 nitrogen and oxygen atoms in total. The van der Waals surface area contributed by atoms with Crippen molar-refractivity contribution in [1.82, 2.24) is 14.5 Å². The Morgan fingerprint density at radius 3 is 2.88 bits per heavy atom. The number of halogens is 1. The van der Waals surface area contributed by atoms with Crippen LogP contribution < -0.4 is 5.32 Å². The summed E-state index contributed by atoms with van der Waals surface area (Å²) in [5.41, 5.74) is 0. The molecule has 0 fully saturated rings. The summed E-state index contributed by atoms with van der Waals surface area (Å²) in [7, 11) is 1.96. The number of pyridine rings is 1. The van der Waals surface area contributed by atoms with E-state index < -0.39 is 0 Å². The number of hydrogen-bond donors (Lipinski definition) is 1. The van der Waals surface area contributed by atoms with E-state index in [0.717, 1.165) is 18.8 Å². The highest BCUT2D eigenvalue weighted by molar-refractivity contribution is 5.33. The number of anilines is 1. The molecule has 0 unspecified atom stereocenters. The van der Waals surface area contributed by atoms with Crippen LogP contribution in [0.15, 0.2) is 30.7 Å². The van der Waals surface area contributed by atoms with Crippen LogP contribution in [-0.4, -0.2) is 21.1 Å². The quantitative estimate of drug-likeness (QED) is 0.851. The van der Waals surface area contributed by atoms with Gasteiger partial charge in [0.1, 0.15) is 17.5 Å². The van der Waals surface area contributed by atoms with Crippen molar-refractivity contribution in [2.45, 2.75) is 6.42 Å². The lowest BCUT2D eigenvalue weighted by Crippen LogP contribution is -2.09. The van der Waals surface area contributed by atoms with Crippen molar-refractivity contribution in [1.29, 1.82) is 0 Å². The monoisotopic (exact) mass is 220 g/mol. The van der Waals surface area contributed by atoms with Crippen molar-refractivity contribution in [2.75, 3.05) is 11.9 Å². The molecule has 0 aliphatic rings. The van der Waals surface area contributed by atoms with E-state index in [-0.39, 0.29) is 5.82 Å². The number of hydrogen-bond acceptors (Lipinski definition) is 3. The van der Waals surface area contributed by atoms with Gasteiger partial charge in [-0.2, -0.15) is 0 Å². The first-order valence-electron chi connectivity index (χ1n) is 5.07. The molecule has 2 aromatic heterocycles. The van der Waals surface area contributed by atoms with Gasteiger partial charge >= 0.3 is 0 Å². The van der Waals surface area contributed by atoms with E-state index in [1.165, 1.54) is 12.3 Å². The zero-order chi connectivity index (χ0) is 11.4. The van der Waals surface area contributed by atoms with Gasteiger partial charge in [0.15, 0.2) is 0 Å². The molecule has 84 valence electrons. The van der Waals surface area contributed by atoms with Crippen molar-refractivity contribution in [2.24, 2.45) is 7.05 Å². The number of nitrogens with one attached hydrogen (secondary N) is 1. The van der Waals surface area contributed by atoms with Gasteiger partial charge in [0.2, 0.25) is 0 Å². The molecule has 0 aliphatic heterocycles. The molecule has 0 saturated heterocycles. The molecule has 0 aliphatic carbocycles. The first-order chi connectivity index (χ1) is 7.75. The van der Waals surface area contributed by atoms with Crippen molar-refractivity contribution < 1.29 is 4.39 Å². The van der Waals surface area contributed by atoms with Gasteiger partial charge in [-0.15, -0.1) is 0 Å². The Balaban J connectivity index is 1.84. The summed E-state index contributed by atoms with van der Waals surface area (Å²) in [6, 6.07) is 3.00. The molecule has 0 atom stereocenters. The minimum absolute atomic E-state index is 0.324. The average Bonchev–Trinajstić information content (AvgIpc) is 2.68. The van der Waals surface area contributed by atoms with Crippen LogP contribution in [0, 0.1) is 5.82 Å². The molecular weight excluding hydrogens is 207 g/mol. The molecule has 16 heavy (non-hydrogen) atoms. The predicted molar refractivity (Wildman–Crippen MR) is 59.6 cm³/mol. The summed E-state index contributed by atoms with van der Waals surface area (Å²) in [6.45, 7) is 0.726. The molecule has 2 heterocycles. The molecule has 0 saturated carbocycles. The normalized spacial score (nSPS) is 10.4. The second kappa shape index (κ2) is 4.74. The Morgan fingerprint density at radius 1 is 1.38 bits per heavy atom. The molecule has 0 radical (unpaired) electrons. The zero-order valence-corrected chi connectivity index (χ0v) is 9.02. The number of aromatic nitrogens is 3. The van der Waals surface area contributed by atoms with Gasteiger partial charge in [-0.3, -0.25) is 0 Å². The van der Waals surface area contributed by atoms with E-state index in [9.17, 15) is 4.39 Å². The van der Waals surface area contributed by atoms with E-state index in [1.807, 2.05) is 17.8 Å². The van der Waals surface area contributed by atoms with Gasteiger partial charge in [-0.05, 0) is 12.1 Å². The van der Waals surface area contributed by atoms with Crippen LogP contribution in [0.4, 0.5) is 10.2 Å². The highest BCUT2D eigenvalue weighted by atomic mass is 19.1. The minimum atomic E-state index is -0.324. The summed E-state index contributed by atoms with van der Waals surface area (Å²) in [4.78, 5) is 8.11. The van der Waals surface area contributed by atoms with E-state index in [0.29, 0.717) is 5.82 Å². The van der Waals surface area contributed by atoms with Crippen molar-refractivity contribution in [3.8, 4) is 0 Å². The number of imidazole rings is 1. The average molecular weight is 220 g/mol. The molecule has 5 heteroatoms. The summed E-state index contributed by atoms with van der Waals surface area (Å²) < 4.78 is 14.6. The Kier molecular flexibility index (Phi) is 3.14. The third-order valence-corrected chi connectivity index (χ3v) is 2.30. The smallest absolute Gasteiger partial charge is 0.141 e. The maximum atomic E-state index is 12.6. The summed E-state index contributed by atoms with van der Waals surface area (Å²) in [5, 5.41) is 3.11. The highest BCUT2D eigenvalue weighted by Crippen LogP contribution is 2.03. The number of aryl methyl sites for hydroxylation is 1. The molecule has 1 N–H and O–H groups in total. The molecule has 2 aromatic rings. The first-order valence-corrected chi connectivity index (χ1v) is 5.07. The maximum Gasteiger partial charge on any atom is 0.141 e. The standard InChI is InChI=1S/C11H13FN4/c1-16-7-6-14-11(16)4-5-13-10-3-2-9(12)8-15-10/h2-3,6-8H,4-5H2,1H3,(H,13,15). The van der Waals surface area contributed by atoms with E-state index in [4.69, 9.17) is 0 Å². The zero-order valence-electron chi connectivity index (χ0n) is 9.02. The largest absolute Gasteiger partial charge is 0.370 e. The van der Waals surface area contributed by atoms with Crippen LogP contribution in [0.2, 0.25) is 0 Å². The topological polar surface area (TPSA) is 42.7 Å². The molecule has 0 amide bonds. The van der Waals surface area contributed by atoms with Crippen LogP contribution in [0.1, 0.15) is 5.82 Å². The van der Waals surface area contributed by atoms with E-state index >= 15 is 0 Å². The van der Waals surface area contributed by atoms with Crippen LogP contribution in [0.3, 0.4) is 0 Å². The molecule has 0 spiro atoms. The van der Waals surface area contributed by atoms with Crippen LogP contribution >= 0.6 is 0 Å². The van der Waals surface area contributed by atoms with Crippen LogP contribution in [0.5, 0.6) is 0 Å². The second-order valence-electron chi connectivity index (χ2n) is 3.49. The Bertz CT molecular complexity index is 449. The van der Waals surface area contributed by atoms with E-state index in [2.05, 4.69) is 15.3 Å². The Labute approximate surface area is 93.2 Å². The van der Waals surface area contributed by atoms with Crippen molar-refractivity contribution in [3.05, 3.63) is 42.4 Å². The number of rotatable bonds is 4. The van der Waals surface area contributed by atoms with Gasteiger partial charge in [0, 0.05) is 32.4 Å². The van der Waals surface area contributed by atoms with Gasteiger partial charge < -0.3 is 9.88 Å². The molecule has 0 bridgehead atoms. The summed E-state index contributed by atoms with van der Waals surface area (Å²) in [6.07, 6.45) is 5.68. The van der Waals surface area contributed by atoms with Gasteiger partial charge in [0.05, 0.1) is 6.20 Å². The fourth-order valence-corrected chi connectivity index (χ4v) is 1.42. The van der Waals surface area contributed by atoms with Crippen LogP contribution in [0.25, 0.3) is 0 Å². The van der Waals surface area contributed by atoms with Gasteiger partial charge in [-0.1, -0.05) is 0 Å². The predicted octanol–water partition coefficient (Wildman–Crippen LogP) is 1.61. The number of nitrogens with zero attached hydrogens (tertiary/aromatic N) is 3. The summed E-state index contributed by atoms with van der Waals surface area (Å²) in [5.74, 6) is 1.36.